The number of rotatable bonds is 3. The van der Waals surface area contributed by atoms with Crippen LogP contribution in [0.15, 0.2) is 18.2 Å². The molecule has 2 nitrogen and oxygen atoms in total. The zero-order valence-corrected chi connectivity index (χ0v) is 9.77. The molecule has 1 aromatic carbocycles. The number of halogens is 2. The molecule has 1 aliphatic heterocycles. The highest BCUT2D eigenvalue weighted by atomic mass is 35.5. The lowest BCUT2D eigenvalue weighted by atomic mass is 10.1. The van der Waals surface area contributed by atoms with Crippen LogP contribution in [0.3, 0.4) is 0 Å². The lowest BCUT2D eigenvalue weighted by molar-refractivity contribution is 0.0239. The molecule has 1 unspecified atom stereocenters. The number of nitrogens with one attached hydrogen (secondary N) is 1. The molecule has 88 valence electrons. The van der Waals surface area contributed by atoms with Crippen LogP contribution >= 0.6 is 11.6 Å². The summed E-state index contributed by atoms with van der Waals surface area (Å²) in [6.07, 6.45) is 2.34. The molecule has 1 aliphatic rings. The van der Waals surface area contributed by atoms with Crippen molar-refractivity contribution in [3.8, 4) is 0 Å². The zero-order chi connectivity index (χ0) is 11.4. The second-order valence-corrected chi connectivity index (χ2v) is 4.40. The van der Waals surface area contributed by atoms with E-state index in [1.54, 1.807) is 18.2 Å². The molecule has 1 heterocycles. The normalized spacial score (nSPS) is 21.0. The number of hydrogen-bond acceptors (Lipinski definition) is 2. The number of hydrogen-bond donors (Lipinski definition) is 1. The minimum absolute atomic E-state index is 0.155. The lowest BCUT2D eigenvalue weighted by Gasteiger charge is -2.23. The Bertz CT molecular complexity index is 353. The molecular weight excluding hydrogens is 229 g/mol. The van der Waals surface area contributed by atoms with Crippen LogP contribution < -0.4 is 5.32 Å². The summed E-state index contributed by atoms with van der Waals surface area (Å²) >= 11 is 5.69. The SMILES string of the molecule is Fc1c(Cl)cccc1COC1CCCNC1. The van der Waals surface area contributed by atoms with E-state index in [4.69, 9.17) is 16.3 Å². The third-order valence-electron chi connectivity index (χ3n) is 2.76. The largest absolute Gasteiger partial charge is 0.372 e. The molecule has 0 radical (unpaired) electrons. The van der Waals surface area contributed by atoms with Crippen molar-refractivity contribution in [3.05, 3.63) is 34.6 Å². The van der Waals surface area contributed by atoms with Gasteiger partial charge in [-0.25, -0.2) is 4.39 Å². The Kier molecular flexibility index (Phi) is 4.16. The summed E-state index contributed by atoms with van der Waals surface area (Å²) in [5, 5.41) is 3.41. The van der Waals surface area contributed by atoms with Crippen LogP contribution in [0.1, 0.15) is 18.4 Å². The van der Waals surface area contributed by atoms with Crippen LogP contribution in [-0.2, 0) is 11.3 Å². The molecule has 1 saturated heterocycles. The van der Waals surface area contributed by atoms with Crippen LogP contribution in [0.5, 0.6) is 0 Å². The first-order valence-corrected chi connectivity index (χ1v) is 5.90. The molecule has 0 bridgehead atoms. The molecule has 4 heteroatoms. The maximum absolute atomic E-state index is 13.5. The fraction of sp³-hybridized carbons (Fsp3) is 0.500. The van der Waals surface area contributed by atoms with E-state index in [2.05, 4.69) is 5.32 Å². The minimum atomic E-state index is -0.368. The fourth-order valence-electron chi connectivity index (χ4n) is 1.83. The molecule has 0 amide bonds. The van der Waals surface area contributed by atoms with Crippen molar-refractivity contribution in [2.75, 3.05) is 13.1 Å². The van der Waals surface area contributed by atoms with E-state index in [1.807, 2.05) is 0 Å². The van der Waals surface area contributed by atoms with Gasteiger partial charge in [0.05, 0.1) is 17.7 Å². The molecule has 16 heavy (non-hydrogen) atoms. The Morgan fingerprint density at radius 2 is 2.38 bits per heavy atom. The van der Waals surface area contributed by atoms with Gasteiger partial charge in [0.15, 0.2) is 0 Å². The van der Waals surface area contributed by atoms with Crippen molar-refractivity contribution in [2.24, 2.45) is 0 Å². The van der Waals surface area contributed by atoms with Crippen molar-refractivity contribution in [3.63, 3.8) is 0 Å². The lowest BCUT2D eigenvalue weighted by Crippen LogP contribution is -2.35. The van der Waals surface area contributed by atoms with E-state index in [1.165, 1.54) is 0 Å². The average Bonchev–Trinajstić information content (AvgIpc) is 2.32. The summed E-state index contributed by atoms with van der Waals surface area (Å²) in [4.78, 5) is 0. The summed E-state index contributed by atoms with van der Waals surface area (Å²) in [7, 11) is 0. The molecule has 0 spiro atoms. The Labute approximate surface area is 99.7 Å². The number of benzene rings is 1. The summed E-state index contributed by atoms with van der Waals surface area (Å²) < 4.78 is 19.2. The van der Waals surface area contributed by atoms with Crippen molar-refractivity contribution in [1.82, 2.24) is 5.32 Å². The standard InChI is InChI=1S/C12H15ClFNO/c13-11-5-1-3-9(12(11)14)8-16-10-4-2-6-15-7-10/h1,3,5,10,15H,2,4,6-8H2. The van der Waals surface area contributed by atoms with Crippen molar-refractivity contribution >= 4 is 11.6 Å². The maximum Gasteiger partial charge on any atom is 0.147 e. The first-order chi connectivity index (χ1) is 7.77. The molecule has 0 aliphatic carbocycles. The van der Waals surface area contributed by atoms with E-state index in [0.29, 0.717) is 12.2 Å². The second kappa shape index (κ2) is 5.62. The topological polar surface area (TPSA) is 21.3 Å². The van der Waals surface area contributed by atoms with E-state index in [0.717, 1.165) is 25.9 Å². The van der Waals surface area contributed by atoms with E-state index in [-0.39, 0.29) is 16.9 Å². The van der Waals surface area contributed by atoms with Gasteiger partial charge in [0.1, 0.15) is 5.82 Å². The summed E-state index contributed by atoms with van der Waals surface area (Å²) in [5.74, 6) is -0.368. The van der Waals surface area contributed by atoms with Gasteiger partial charge in [-0.2, -0.15) is 0 Å². The molecule has 0 saturated carbocycles. The quantitative estimate of drug-likeness (QED) is 0.882. The predicted octanol–water partition coefficient (Wildman–Crippen LogP) is 2.75. The molecule has 1 N–H and O–H groups in total. The number of piperidine rings is 1. The monoisotopic (exact) mass is 243 g/mol. The van der Waals surface area contributed by atoms with Gasteiger partial charge >= 0.3 is 0 Å². The molecule has 1 atom stereocenters. The Balaban J connectivity index is 1.91. The smallest absolute Gasteiger partial charge is 0.147 e. The fourth-order valence-corrected chi connectivity index (χ4v) is 2.02. The average molecular weight is 244 g/mol. The highest BCUT2D eigenvalue weighted by Gasteiger charge is 2.14. The third kappa shape index (κ3) is 2.94. The summed E-state index contributed by atoms with van der Waals surface area (Å²) in [5.41, 5.74) is 0.526. The molecule has 1 aromatic rings. The van der Waals surface area contributed by atoms with Gasteiger partial charge in [0.25, 0.3) is 0 Å². The highest BCUT2D eigenvalue weighted by Crippen LogP contribution is 2.19. The predicted molar refractivity (Wildman–Crippen MR) is 62.1 cm³/mol. The number of ether oxygens (including phenoxy) is 1. The molecular formula is C12H15ClFNO. The molecule has 1 fully saturated rings. The van der Waals surface area contributed by atoms with Gasteiger partial charge < -0.3 is 10.1 Å². The van der Waals surface area contributed by atoms with Gasteiger partial charge in [0.2, 0.25) is 0 Å². The zero-order valence-electron chi connectivity index (χ0n) is 9.01. The van der Waals surface area contributed by atoms with Crippen LogP contribution in [0.4, 0.5) is 4.39 Å². The summed E-state index contributed by atoms with van der Waals surface area (Å²) in [6.45, 7) is 2.19. The molecule has 2 rings (SSSR count). The van der Waals surface area contributed by atoms with Crippen LogP contribution in [0, 0.1) is 5.82 Å². The van der Waals surface area contributed by atoms with E-state index < -0.39 is 0 Å². The van der Waals surface area contributed by atoms with Crippen molar-refractivity contribution in [1.29, 1.82) is 0 Å². The van der Waals surface area contributed by atoms with Crippen molar-refractivity contribution < 1.29 is 9.13 Å². The minimum Gasteiger partial charge on any atom is -0.372 e. The van der Waals surface area contributed by atoms with Crippen LogP contribution in [0.2, 0.25) is 5.02 Å². The van der Waals surface area contributed by atoms with Gasteiger partial charge in [-0.05, 0) is 25.5 Å². The van der Waals surface area contributed by atoms with E-state index in [9.17, 15) is 4.39 Å². The maximum atomic E-state index is 13.5. The van der Waals surface area contributed by atoms with Gasteiger partial charge in [-0.15, -0.1) is 0 Å². The van der Waals surface area contributed by atoms with Gasteiger partial charge in [0, 0.05) is 12.1 Å². The third-order valence-corrected chi connectivity index (χ3v) is 3.05. The van der Waals surface area contributed by atoms with Crippen molar-refractivity contribution in [2.45, 2.75) is 25.6 Å². The van der Waals surface area contributed by atoms with Crippen LogP contribution in [0.25, 0.3) is 0 Å². The van der Waals surface area contributed by atoms with E-state index >= 15 is 0 Å². The Morgan fingerprint density at radius 3 is 3.12 bits per heavy atom. The Morgan fingerprint density at radius 1 is 1.50 bits per heavy atom. The summed E-state index contributed by atoms with van der Waals surface area (Å²) in [6, 6.07) is 4.99. The first kappa shape index (κ1) is 11.8. The van der Waals surface area contributed by atoms with Crippen LogP contribution in [-0.4, -0.2) is 19.2 Å². The Hall–Kier alpha value is -0.640. The first-order valence-electron chi connectivity index (χ1n) is 5.52. The molecule has 0 aromatic heterocycles. The second-order valence-electron chi connectivity index (χ2n) is 3.99. The highest BCUT2D eigenvalue weighted by molar-refractivity contribution is 6.30. The van der Waals surface area contributed by atoms with Gasteiger partial charge in [-0.3, -0.25) is 0 Å². The van der Waals surface area contributed by atoms with Gasteiger partial charge in [-0.1, -0.05) is 23.7 Å².